The Kier molecular flexibility index (Phi) is 6.16. The van der Waals surface area contributed by atoms with E-state index in [4.69, 9.17) is 0 Å². The van der Waals surface area contributed by atoms with Gasteiger partial charge < -0.3 is 10.6 Å². The van der Waals surface area contributed by atoms with Crippen LogP contribution in [0.2, 0.25) is 0 Å². The van der Waals surface area contributed by atoms with Gasteiger partial charge >= 0.3 is 11.8 Å². The van der Waals surface area contributed by atoms with Gasteiger partial charge in [-0.3, -0.25) is 9.59 Å². The van der Waals surface area contributed by atoms with Crippen LogP contribution in [0.25, 0.3) is 10.6 Å². The second kappa shape index (κ2) is 8.75. The summed E-state index contributed by atoms with van der Waals surface area (Å²) in [6.45, 7) is 4.08. The van der Waals surface area contributed by atoms with E-state index >= 15 is 0 Å². The molecule has 0 atom stereocenters. The minimum absolute atomic E-state index is 0.288. The Labute approximate surface area is 166 Å². The Bertz CT molecular complexity index is 999. The van der Waals surface area contributed by atoms with Crippen molar-refractivity contribution in [3.63, 3.8) is 0 Å². The van der Waals surface area contributed by atoms with Crippen LogP contribution < -0.4 is 10.6 Å². The zero-order valence-corrected chi connectivity index (χ0v) is 16.4. The van der Waals surface area contributed by atoms with E-state index in [1.165, 1.54) is 23.5 Å². The predicted molar refractivity (Wildman–Crippen MR) is 109 cm³/mol. The minimum Gasteiger partial charge on any atom is -0.347 e. The van der Waals surface area contributed by atoms with Gasteiger partial charge in [0.05, 0.1) is 5.69 Å². The molecule has 0 fully saturated rings. The van der Waals surface area contributed by atoms with Gasteiger partial charge in [0, 0.05) is 29.1 Å². The number of hydrogen-bond donors (Lipinski definition) is 2. The average Bonchev–Trinajstić information content (AvgIpc) is 3.04. The Hall–Kier alpha value is -3.06. The number of carbonyl (C=O) groups is 2. The van der Waals surface area contributed by atoms with E-state index in [9.17, 15) is 14.0 Å². The molecule has 5 nitrogen and oxygen atoms in total. The summed E-state index contributed by atoms with van der Waals surface area (Å²) in [5.74, 6) is -1.66. The fourth-order valence-corrected chi connectivity index (χ4v) is 3.71. The first kappa shape index (κ1) is 19.7. The van der Waals surface area contributed by atoms with Crippen molar-refractivity contribution in [1.29, 1.82) is 0 Å². The van der Waals surface area contributed by atoms with Crippen LogP contribution >= 0.6 is 11.3 Å². The van der Waals surface area contributed by atoms with Gasteiger partial charge in [0.15, 0.2) is 0 Å². The molecule has 3 rings (SSSR count). The molecule has 0 aliphatic carbocycles. The van der Waals surface area contributed by atoms with Crippen molar-refractivity contribution in [3.05, 3.63) is 70.5 Å². The molecular weight excluding hydrogens is 377 g/mol. The number of aryl methyl sites for hydroxylation is 2. The van der Waals surface area contributed by atoms with Crippen LogP contribution in [0.5, 0.6) is 0 Å². The highest BCUT2D eigenvalue weighted by Crippen LogP contribution is 2.28. The topological polar surface area (TPSA) is 71.1 Å². The number of benzene rings is 2. The lowest BCUT2D eigenvalue weighted by molar-refractivity contribution is -0.136. The van der Waals surface area contributed by atoms with Gasteiger partial charge in [-0.2, -0.15) is 0 Å². The lowest BCUT2D eigenvalue weighted by Crippen LogP contribution is -2.36. The van der Waals surface area contributed by atoms with Gasteiger partial charge in [-0.05, 0) is 49.7 Å². The van der Waals surface area contributed by atoms with Crippen LogP contribution in [0.4, 0.5) is 10.1 Å². The highest BCUT2D eigenvalue weighted by molar-refractivity contribution is 7.15. The molecule has 0 saturated heterocycles. The quantitative estimate of drug-likeness (QED) is 0.642. The van der Waals surface area contributed by atoms with E-state index < -0.39 is 11.8 Å². The van der Waals surface area contributed by atoms with Crippen molar-refractivity contribution >= 4 is 28.8 Å². The van der Waals surface area contributed by atoms with E-state index in [2.05, 4.69) is 15.6 Å². The average molecular weight is 397 g/mol. The maximum Gasteiger partial charge on any atom is 0.313 e. The maximum absolute atomic E-state index is 13.1. The molecule has 0 spiro atoms. The summed E-state index contributed by atoms with van der Waals surface area (Å²) in [5.41, 5.74) is 3.22. The predicted octanol–water partition coefficient (Wildman–Crippen LogP) is 3.86. The first-order valence-electron chi connectivity index (χ1n) is 8.81. The van der Waals surface area contributed by atoms with Crippen molar-refractivity contribution in [2.24, 2.45) is 0 Å². The summed E-state index contributed by atoms with van der Waals surface area (Å²) in [4.78, 5) is 29.6. The number of rotatable bonds is 5. The van der Waals surface area contributed by atoms with E-state index in [1.54, 1.807) is 24.3 Å². The van der Waals surface area contributed by atoms with Crippen LogP contribution in [-0.2, 0) is 16.0 Å². The van der Waals surface area contributed by atoms with Gasteiger partial charge in [-0.15, -0.1) is 11.3 Å². The highest BCUT2D eigenvalue weighted by atomic mass is 32.1. The summed E-state index contributed by atoms with van der Waals surface area (Å²) in [6.07, 6.45) is 0.564. The molecule has 1 aromatic heterocycles. The van der Waals surface area contributed by atoms with Crippen molar-refractivity contribution in [3.8, 4) is 10.6 Å². The third kappa shape index (κ3) is 4.80. The van der Waals surface area contributed by atoms with Crippen molar-refractivity contribution in [2.45, 2.75) is 20.3 Å². The molecule has 2 N–H and O–H groups in total. The number of halogens is 1. The van der Waals surface area contributed by atoms with Crippen LogP contribution in [0.3, 0.4) is 0 Å². The number of thiazole rings is 1. The maximum atomic E-state index is 13.1. The molecule has 1 heterocycles. The molecule has 28 heavy (non-hydrogen) atoms. The third-order valence-electron chi connectivity index (χ3n) is 4.22. The second-order valence-corrected chi connectivity index (χ2v) is 7.39. The number of hydrogen-bond acceptors (Lipinski definition) is 4. The molecule has 144 valence electrons. The monoisotopic (exact) mass is 397 g/mol. The number of aromatic nitrogens is 1. The first-order valence-corrected chi connectivity index (χ1v) is 9.63. The Morgan fingerprint density at radius 3 is 2.46 bits per heavy atom. The van der Waals surface area contributed by atoms with Gasteiger partial charge in [-0.25, -0.2) is 9.37 Å². The zero-order chi connectivity index (χ0) is 20.1. The Morgan fingerprint density at radius 1 is 1.04 bits per heavy atom. The Balaban J connectivity index is 1.54. The molecule has 0 radical (unpaired) electrons. The van der Waals surface area contributed by atoms with Crippen LogP contribution in [0.15, 0.2) is 48.5 Å². The van der Waals surface area contributed by atoms with E-state index in [1.807, 2.05) is 26.0 Å². The van der Waals surface area contributed by atoms with Crippen molar-refractivity contribution in [1.82, 2.24) is 10.3 Å². The normalized spacial score (nSPS) is 10.5. The number of nitrogens with one attached hydrogen (secondary N) is 2. The molecule has 7 heteroatoms. The highest BCUT2D eigenvalue weighted by Gasteiger charge is 2.15. The minimum atomic E-state index is -0.692. The smallest absolute Gasteiger partial charge is 0.313 e. The standard InChI is InChI=1S/C21H20FN3O2S/c1-13-5-3-4-6-17(13)25-20(27)19(26)23-12-11-18-14(2)24-21(28-18)15-7-9-16(22)10-8-15/h3-10H,11-12H2,1-2H3,(H,23,26)(H,25,27). The lowest BCUT2D eigenvalue weighted by Gasteiger charge is -2.08. The molecule has 0 aliphatic heterocycles. The van der Waals surface area contributed by atoms with E-state index in [0.717, 1.165) is 26.7 Å². The number of anilines is 1. The fraction of sp³-hybridized carbons (Fsp3) is 0.190. The molecule has 0 aliphatic rings. The number of nitrogens with zero attached hydrogens (tertiary/aromatic N) is 1. The van der Waals surface area contributed by atoms with Crippen molar-refractivity contribution < 1.29 is 14.0 Å². The van der Waals surface area contributed by atoms with E-state index in [0.29, 0.717) is 18.7 Å². The zero-order valence-electron chi connectivity index (χ0n) is 15.6. The third-order valence-corrected chi connectivity index (χ3v) is 5.49. The van der Waals surface area contributed by atoms with Crippen LogP contribution in [-0.4, -0.2) is 23.3 Å². The van der Waals surface area contributed by atoms with E-state index in [-0.39, 0.29) is 5.82 Å². The largest absolute Gasteiger partial charge is 0.347 e. The molecule has 3 aromatic rings. The first-order chi connectivity index (χ1) is 13.4. The van der Waals surface area contributed by atoms with Gasteiger partial charge in [0.25, 0.3) is 0 Å². The lowest BCUT2D eigenvalue weighted by atomic mass is 10.2. The summed E-state index contributed by atoms with van der Waals surface area (Å²) >= 11 is 1.50. The molecule has 2 amide bonds. The number of carbonyl (C=O) groups excluding carboxylic acids is 2. The molecular formula is C21H20FN3O2S. The van der Waals surface area contributed by atoms with Gasteiger partial charge in [0.2, 0.25) is 0 Å². The van der Waals surface area contributed by atoms with Crippen LogP contribution in [0.1, 0.15) is 16.1 Å². The second-order valence-electron chi connectivity index (χ2n) is 6.31. The molecule has 0 bridgehead atoms. The van der Waals surface area contributed by atoms with Gasteiger partial charge in [-0.1, -0.05) is 18.2 Å². The summed E-state index contributed by atoms with van der Waals surface area (Å²) in [6, 6.07) is 13.5. The SMILES string of the molecule is Cc1ccccc1NC(=O)C(=O)NCCc1sc(-c2ccc(F)cc2)nc1C. The summed E-state index contributed by atoms with van der Waals surface area (Å²) in [5, 5.41) is 6.04. The fourth-order valence-electron chi connectivity index (χ4n) is 2.64. The van der Waals surface area contributed by atoms with Crippen LogP contribution in [0, 0.1) is 19.7 Å². The van der Waals surface area contributed by atoms with Gasteiger partial charge in [0.1, 0.15) is 10.8 Å². The molecule has 0 saturated carbocycles. The number of para-hydroxylation sites is 1. The molecule has 0 unspecified atom stereocenters. The summed E-state index contributed by atoms with van der Waals surface area (Å²) in [7, 11) is 0. The molecule has 2 aromatic carbocycles. The van der Waals surface area contributed by atoms with Crippen molar-refractivity contribution in [2.75, 3.05) is 11.9 Å². The Morgan fingerprint density at radius 2 is 1.75 bits per heavy atom. The summed E-state index contributed by atoms with van der Waals surface area (Å²) < 4.78 is 13.1. The number of amides is 2.